The molecule has 0 saturated carbocycles. The van der Waals surface area contributed by atoms with Gasteiger partial charge in [0.05, 0.1) is 17.7 Å². The summed E-state index contributed by atoms with van der Waals surface area (Å²) in [6, 6.07) is 14.7. The molecule has 0 radical (unpaired) electrons. The number of hydrogen-bond acceptors (Lipinski definition) is 3. The lowest BCUT2D eigenvalue weighted by Gasteiger charge is -2.19. The summed E-state index contributed by atoms with van der Waals surface area (Å²) in [7, 11) is 0. The molecular formula is C16H15FN2O. The molecule has 0 aliphatic rings. The molecule has 2 aromatic rings. The molecule has 0 unspecified atom stereocenters. The third-order valence-corrected chi connectivity index (χ3v) is 3.20. The fourth-order valence-electron chi connectivity index (χ4n) is 2.04. The lowest BCUT2D eigenvalue weighted by Crippen LogP contribution is -2.28. The second-order valence-corrected chi connectivity index (χ2v) is 4.63. The predicted octanol–water partition coefficient (Wildman–Crippen LogP) is 2.30. The summed E-state index contributed by atoms with van der Waals surface area (Å²) in [6.07, 6.45) is -0.393. The summed E-state index contributed by atoms with van der Waals surface area (Å²) in [6.45, 7) is 0. The first-order valence-corrected chi connectivity index (χ1v) is 6.29. The molecule has 2 aromatic carbocycles. The van der Waals surface area contributed by atoms with Crippen molar-refractivity contribution in [3.05, 3.63) is 71.0 Å². The van der Waals surface area contributed by atoms with Gasteiger partial charge in [0.25, 0.3) is 0 Å². The Kier molecular flexibility index (Phi) is 4.46. The van der Waals surface area contributed by atoms with Gasteiger partial charge in [0, 0.05) is 6.42 Å². The molecule has 0 fully saturated rings. The van der Waals surface area contributed by atoms with Gasteiger partial charge in [-0.1, -0.05) is 36.4 Å². The van der Waals surface area contributed by atoms with Crippen LogP contribution in [0.2, 0.25) is 0 Å². The summed E-state index contributed by atoms with van der Waals surface area (Å²) in [5.41, 5.74) is 7.43. The van der Waals surface area contributed by atoms with Crippen LogP contribution < -0.4 is 5.73 Å². The van der Waals surface area contributed by atoms with Crippen LogP contribution in [0.3, 0.4) is 0 Å². The van der Waals surface area contributed by atoms with Crippen LogP contribution in [0.25, 0.3) is 0 Å². The molecule has 0 aliphatic carbocycles. The lowest BCUT2D eigenvalue weighted by molar-refractivity contribution is 0.145. The zero-order chi connectivity index (χ0) is 14.5. The van der Waals surface area contributed by atoms with Crippen molar-refractivity contribution in [2.45, 2.75) is 18.6 Å². The number of nitrogens with two attached hydrogens (primary N) is 1. The van der Waals surface area contributed by atoms with Crippen molar-refractivity contribution in [1.29, 1.82) is 5.26 Å². The highest BCUT2D eigenvalue weighted by Gasteiger charge is 2.18. The van der Waals surface area contributed by atoms with Crippen LogP contribution in [-0.2, 0) is 6.42 Å². The fourth-order valence-corrected chi connectivity index (χ4v) is 2.04. The maximum absolute atomic E-state index is 13.3. The van der Waals surface area contributed by atoms with Crippen LogP contribution in [0.4, 0.5) is 4.39 Å². The number of benzene rings is 2. The maximum Gasteiger partial charge on any atom is 0.140 e. The molecule has 2 rings (SSSR count). The van der Waals surface area contributed by atoms with E-state index < -0.39 is 18.0 Å². The van der Waals surface area contributed by atoms with E-state index in [0.717, 1.165) is 5.56 Å². The van der Waals surface area contributed by atoms with Crippen molar-refractivity contribution >= 4 is 0 Å². The molecule has 0 bridgehead atoms. The number of nitrogens with zero attached hydrogens (tertiary/aromatic N) is 1. The van der Waals surface area contributed by atoms with Crippen LogP contribution in [0.1, 0.15) is 22.7 Å². The van der Waals surface area contributed by atoms with Crippen molar-refractivity contribution < 1.29 is 9.50 Å². The van der Waals surface area contributed by atoms with Gasteiger partial charge in [0.1, 0.15) is 11.9 Å². The monoisotopic (exact) mass is 270 g/mol. The number of aliphatic hydroxyl groups excluding tert-OH is 1. The number of nitriles is 1. The zero-order valence-electron chi connectivity index (χ0n) is 10.8. The molecule has 4 heteroatoms. The van der Waals surface area contributed by atoms with Gasteiger partial charge in [-0.05, 0) is 23.3 Å². The van der Waals surface area contributed by atoms with Gasteiger partial charge >= 0.3 is 0 Å². The van der Waals surface area contributed by atoms with Crippen molar-refractivity contribution in [2.75, 3.05) is 0 Å². The standard InChI is InChI=1S/C16H15FN2O/c17-14-7-6-12(9-13(14)10-18)16(19)15(20)8-11-4-2-1-3-5-11/h1-7,9,15-16,20H,8,19H2/t15-,16+/m1/s1. The molecule has 0 amide bonds. The highest BCUT2D eigenvalue weighted by atomic mass is 19.1. The van der Waals surface area contributed by atoms with E-state index in [1.54, 1.807) is 6.07 Å². The van der Waals surface area contributed by atoms with Crippen molar-refractivity contribution in [3.63, 3.8) is 0 Å². The molecule has 3 N–H and O–H groups in total. The average Bonchev–Trinajstić information content (AvgIpc) is 2.48. The predicted molar refractivity (Wildman–Crippen MR) is 74.2 cm³/mol. The first-order chi connectivity index (χ1) is 9.61. The minimum atomic E-state index is -0.797. The van der Waals surface area contributed by atoms with Crippen molar-refractivity contribution in [3.8, 4) is 6.07 Å². The Hall–Kier alpha value is -2.22. The summed E-state index contributed by atoms with van der Waals surface area (Å²) < 4.78 is 13.3. The van der Waals surface area contributed by atoms with E-state index in [9.17, 15) is 9.50 Å². The van der Waals surface area contributed by atoms with Crippen molar-refractivity contribution in [1.82, 2.24) is 0 Å². The SMILES string of the molecule is N#Cc1cc([C@H](N)[C@H](O)Cc2ccccc2)ccc1F. The highest BCUT2D eigenvalue weighted by molar-refractivity contribution is 5.36. The minimum Gasteiger partial charge on any atom is -0.391 e. The van der Waals surface area contributed by atoms with E-state index in [0.29, 0.717) is 12.0 Å². The van der Waals surface area contributed by atoms with Gasteiger partial charge in [-0.15, -0.1) is 0 Å². The normalized spacial score (nSPS) is 13.5. The molecule has 2 atom stereocenters. The van der Waals surface area contributed by atoms with E-state index in [2.05, 4.69) is 0 Å². The Morgan fingerprint density at radius 2 is 1.90 bits per heavy atom. The average molecular weight is 270 g/mol. The van der Waals surface area contributed by atoms with Crippen LogP contribution in [0, 0.1) is 17.1 Å². The third-order valence-electron chi connectivity index (χ3n) is 3.20. The highest BCUT2D eigenvalue weighted by Crippen LogP contribution is 2.20. The topological polar surface area (TPSA) is 70.0 Å². The number of halogens is 1. The molecule has 0 aromatic heterocycles. The smallest absolute Gasteiger partial charge is 0.140 e. The molecule has 0 aliphatic heterocycles. The fraction of sp³-hybridized carbons (Fsp3) is 0.188. The van der Waals surface area contributed by atoms with E-state index in [1.807, 2.05) is 30.3 Å². The largest absolute Gasteiger partial charge is 0.391 e. The van der Waals surface area contributed by atoms with Gasteiger partial charge in [-0.3, -0.25) is 0 Å². The number of hydrogen-bond donors (Lipinski definition) is 2. The summed E-state index contributed by atoms with van der Waals surface area (Å²) in [5, 5.41) is 19.0. The number of rotatable bonds is 4. The molecule has 0 spiro atoms. The van der Waals surface area contributed by atoms with Crippen LogP contribution in [0.5, 0.6) is 0 Å². The van der Waals surface area contributed by atoms with Gasteiger partial charge < -0.3 is 10.8 Å². The Morgan fingerprint density at radius 3 is 2.55 bits per heavy atom. The summed E-state index contributed by atoms with van der Waals surface area (Å²) in [5.74, 6) is -0.582. The minimum absolute atomic E-state index is 0.0649. The Labute approximate surface area is 117 Å². The maximum atomic E-state index is 13.3. The lowest BCUT2D eigenvalue weighted by atomic mass is 9.96. The van der Waals surface area contributed by atoms with E-state index in [4.69, 9.17) is 11.0 Å². The van der Waals surface area contributed by atoms with Gasteiger partial charge in [-0.25, -0.2) is 4.39 Å². The Bertz CT molecular complexity index is 622. The van der Waals surface area contributed by atoms with E-state index >= 15 is 0 Å². The molecule has 0 heterocycles. The molecule has 3 nitrogen and oxygen atoms in total. The Balaban J connectivity index is 2.14. The molecular weight excluding hydrogens is 255 g/mol. The summed E-state index contributed by atoms with van der Waals surface area (Å²) >= 11 is 0. The van der Waals surface area contributed by atoms with Gasteiger partial charge in [0.15, 0.2) is 0 Å². The molecule has 20 heavy (non-hydrogen) atoms. The van der Waals surface area contributed by atoms with Crippen LogP contribution >= 0.6 is 0 Å². The zero-order valence-corrected chi connectivity index (χ0v) is 10.8. The third kappa shape index (κ3) is 3.21. The van der Waals surface area contributed by atoms with Crippen molar-refractivity contribution in [2.24, 2.45) is 5.73 Å². The van der Waals surface area contributed by atoms with Crippen LogP contribution in [-0.4, -0.2) is 11.2 Å². The second kappa shape index (κ2) is 6.29. The van der Waals surface area contributed by atoms with Gasteiger partial charge in [0.2, 0.25) is 0 Å². The Morgan fingerprint density at radius 1 is 1.20 bits per heavy atom. The van der Waals surface area contributed by atoms with Crippen LogP contribution in [0.15, 0.2) is 48.5 Å². The second-order valence-electron chi connectivity index (χ2n) is 4.63. The first-order valence-electron chi connectivity index (χ1n) is 6.29. The molecule has 0 saturated heterocycles. The quantitative estimate of drug-likeness (QED) is 0.895. The van der Waals surface area contributed by atoms with Gasteiger partial charge in [-0.2, -0.15) is 5.26 Å². The molecule has 102 valence electrons. The summed E-state index contributed by atoms with van der Waals surface area (Å²) in [4.78, 5) is 0. The number of aliphatic hydroxyl groups is 1. The van der Waals surface area contributed by atoms with E-state index in [1.165, 1.54) is 18.2 Å². The first kappa shape index (κ1) is 14.2. The van der Waals surface area contributed by atoms with E-state index in [-0.39, 0.29) is 5.56 Å².